The van der Waals surface area contributed by atoms with Crippen molar-refractivity contribution in [2.45, 2.75) is 6.23 Å². The third-order valence-corrected chi connectivity index (χ3v) is 0.924. The fourth-order valence-corrected chi connectivity index (χ4v) is 0.450. The Kier molecular flexibility index (Phi) is 3.97. The Labute approximate surface area is 63.6 Å². The van der Waals surface area contributed by atoms with Crippen molar-refractivity contribution in [2.24, 2.45) is 5.73 Å². The number of carbonyl (C=O) groups is 2. The first kappa shape index (κ1) is 9.70. The summed E-state index contributed by atoms with van der Waals surface area (Å²) in [4.78, 5) is 20.9. The number of esters is 1. The van der Waals surface area contributed by atoms with Crippen molar-refractivity contribution < 1.29 is 19.1 Å². The zero-order valence-electron chi connectivity index (χ0n) is 6.29. The highest BCUT2D eigenvalue weighted by atomic mass is 16.6. The first-order chi connectivity index (χ1) is 5.11. The summed E-state index contributed by atoms with van der Waals surface area (Å²) in [5.74, 6) is -0.702. The third kappa shape index (κ3) is 3.41. The second-order valence-electron chi connectivity index (χ2n) is 1.65. The number of nitrogens with two attached hydrogens (primary N) is 1. The Bertz CT molecular complexity index is 159. The van der Waals surface area contributed by atoms with Gasteiger partial charge in [-0.05, 0) is 0 Å². The standard InChI is InChI=1S/C5H10N2O4/c1-10-3(4(8)11-2)7-5(6)9/h3H,1-2H3,(H3,6,7,9)/t3-/m1/s1. The molecule has 3 N–H and O–H groups in total. The van der Waals surface area contributed by atoms with E-state index in [1.54, 1.807) is 0 Å². The SMILES string of the molecule is COC(=O)[C@H](NC(N)=O)OC. The molecule has 0 fully saturated rings. The summed E-state index contributed by atoms with van der Waals surface area (Å²) in [5.41, 5.74) is 4.72. The Morgan fingerprint density at radius 1 is 1.45 bits per heavy atom. The van der Waals surface area contributed by atoms with E-state index >= 15 is 0 Å². The van der Waals surface area contributed by atoms with Crippen LogP contribution in [0.5, 0.6) is 0 Å². The summed E-state index contributed by atoms with van der Waals surface area (Å²) in [5, 5.41) is 2.02. The zero-order valence-corrected chi connectivity index (χ0v) is 6.29. The van der Waals surface area contributed by atoms with Gasteiger partial charge in [0.25, 0.3) is 0 Å². The number of hydrogen-bond donors (Lipinski definition) is 2. The summed E-state index contributed by atoms with van der Waals surface area (Å²) in [6.45, 7) is 0. The minimum Gasteiger partial charge on any atom is -0.466 e. The summed E-state index contributed by atoms with van der Waals surface area (Å²) < 4.78 is 8.80. The van der Waals surface area contributed by atoms with E-state index in [1.807, 2.05) is 5.32 Å². The van der Waals surface area contributed by atoms with Crippen LogP contribution in [0.3, 0.4) is 0 Å². The molecule has 0 radical (unpaired) electrons. The normalized spacial score (nSPS) is 11.8. The molecule has 0 heterocycles. The number of amides is 2. The van der Waals surface area contributed by atoms with E-state index in [0.29, 0.717) is 0 Å². The summed E-state index contributed by atoms with van der Waals surface area (Å²) >= 11 is 0. The second-order valence-corrected chi connectivity index (χ2v) is 1.65. The highest BCUT2D eigenvalue weighted by molar-refractivity contribution is 5.81. The van der Waals surface area contributed by atoms with Gasteiger partial charge in [0.2, 0.25) is 6.23 Å². The van der Waals surface area contributed by atoms with Crippen LogP contribution < -0.4 is 11.1 Å². The van der Waals surface area contributed by atoms with E-state index < -0.39 is 18.2 Å². The number of ether oxygens (including phenoxy) is 2. The second kappa shape index (κ2) is 4.51. The molecule has 6 nitrogen and oxygen atoms in total. The van der Waals surface area contributed by atoms with Gasteiger partial charge in [-0.1, -0.05) is 0 Å². The van der Waals surface area contributed by atoms with E-state index in [2.05, 4.69) is 9.47 Å². The number of hydrogen-bond acceptors (Lipinski definition) is 4. The van der Waals surface area contributed by atoms with E-state index in [9.17, 15) is 9.59 Å². The highest BCUT2D eigenvalue weighted by Gasteiger charge is 2.18. The Morgan fingerprint density at radius 2 is 2.00 bits per heavy atom. The van der Waals surface area contributed by atoms with Gasteiger partial charge in [0, 0.05) is 7.11 Å². The van der Waals surface area contributed by atoms with Crippen molar-refractivity contribution in [1.82, 2.24) is 5.32 Å². The lowest BCUT2D eigenvalue weighted by atomic mass is 10.5. The van der Waals surface area contributed by atoms with Crippen LogP contribution in [-0.4, -0.2) is 32.4 Å². The van der Waals surface area contributed by atoms with Gasteiger partial charge in [0.15, 0.2) is 0 Å². The molecule has 2 amide bonds. The predicted molar refractivity (Wildman–Crippen MR) is 35.5 cm³/mol. The lowest BCUT2D eigenvalue weighted by Crippen LogP contribution is -2.45. The average molecular weight is 162 g/mol. The van der Waals surface area contributed by atoms with Crippen molar-refractivity contribution >= 4 is 12.0 Å². The van der Waals surface area contributed by atoms with E-state index in [4.69, 9.17) is 5.73 Å². The van der Waals surface area contributed by atoms with Crippen molar-refractivity contribution in [3.05, 3.63) is 0 Å². The Morgan fingerprint density at radius 3 is 2.27 bits per heavy atom. The van der Waals surface area contributed by atoms with Gasteiger partial charge in [-0.2, -0.15) is 0 Å². The van der Waals surface area contributed by atoms with Crippen LogP contribution in [0.1, 0.15) is 0 Å². The maximum atomic E-state index is 10.7. The number of rotatable bonds is 3. The lowest BCUT2D eigenvalue weighted by molar-refractivity contribution is -0.153. The first-order valence-electron chi connectivity index (χ1n) is 2.78. The minimum absolute atomic E-state index is 0.702. The van der Waals surface area contributed by atoms with Crippen LogP contribution in [0.2, 0.25) is 0 Å². The van der Waals surface area contributed by atoms with Crippen molar-refractivity contribution in [2.75, 3.05) is 14.2 Å². The van der Waals surface area contributed by atoms with Crippen LogP contribution in [0.15, 0.2) is 0 Å². The van der Waals surface area contributed by atoms with Gasteiger partial charge in [-0.3, -0.25) is 0 Å². The van der Waals surface area contributed by atoms with Crippen LogP contribution in [0.25, 0.3) is 0 Å². The molecule has 0 bridgehead atoms. The summed E-state index contributed by atoms with van der Waals surface area (Å²) in [6.07, 6.45) is -1.13. The van der Waals surface area contributed by atoms with Crippen molar-refractivity contribution in [3.8, 4) is 0 Å². The van der Waals surface area contributed by atoms with Crippen LogP contribution in [0, 0.1) is 0 Å². The number of carbonyl (C=O) groups excluding carboxylic acids is 2. The third-order valence-electron chi connectivity index (χ3n) is 0.924. The summed E-state index contributed by atoms with van der Waals surface area (Å²) in [7, 11) is 2.43. The molecule has 0 unspecified atom stereocenters. The molecule has 0 saturated heterocycles. The molecule has 0 saturated carbocycles. The number of primary amides is 1. The first-order valence-corrected chi connectivity index (χ1v) is 2.78. The Balaban J connectivity index is 3.94. The number of urea groups is 1. The van der Waals surface area contributed by atoms with E-state index in [1.165, 1.54) is 14.2 Å². The quantitative estimate of drug-likeness (QED) is 0.403. The van der Waals surface area contributed by atoms with E-state index in [0.717, 1.165) is 0 Å². The minimum atomic E-state index is -1.13. The molecule has 0 aliphatic rings. The molecule has 6 heteroatoms. The molecule has 0 aromatic heterocycles. The molecule has 0 rings (SSSR count). The molecule has 0 aromatic rings. The topological polar surface area (TPSA) is 90.6 Å². The molecule has 0 aromatic carbocycles. The molecule has 11 heavy (non-hydrogen) atoms. The molecule has 0 spiro atoms. The van der Waals surface area contributed by atoms with Crippen molar-refractivity contribution in [3.63, 3.8) is 0 Å². The average Bonchev–Trinajstić information content (AvgIpc) is 1.98. The fourth-order valence-electron chi connectivity index (χ4n) is 0.450. The molecular formula is C5H10N2O4. The molecule has 64 valence electrons. The molecule has 0 aliphatic carbocycles. The van der Waals surface area contributed by atoms with Crippen LogP contribution >= 0.6 is 0 Å². The number of nitrogens with one attached hydrogen (secondary N) is 1. The largest absolute Gasteiger partial charge is 0.466 e. The van der Waals surface area contributed by atoms with Crippen molar-refractivity contribution in [1.29, 1.82) is 0 Å². The van der Waals surface area contributed by atoms with Gasteiger partial charge in [0.1, 0.15) is 0 Å². The molecule has 0 aliphatic heterocycles. The van der Waals surface area contributed by atoms with Crippen LogP contribution in [-0.2, 0) is 14.3 Å². The predicted octanol–water partition coefficient (Wildman–Crippen LogP) is -1.20. The van der Waals surface area contributed by atoms with Crippen LogP contribution in [0.4, 0.5) is 4.79 Å². The Hall–Kier alpha value is -1.30. The van der Waals surface area contributed by atoms with Gasteiger partial charge in [-0.25, -0.2) is 9.59 Å². The van der Waals surface area contributed by atoms with Gasteiger partial charge >= 0.3 is 12.0 Å². The maximum absolute atomic E-state index is 10.7. The molecule has 1 atom stereocenters. The van der Waals surface area contributed by atoms with Gasteiger partial charge < -0.3 is 20.5 Å². The monoisotopic (exact) mass is 162 g/mol. The maximum Gasteiger partial charge on any atom is 0.356 e. The smallest absolute Gasteiger partial charge is 0.356 e. The zero-order chi connectivity index (χ0) is 8.85. The number of methoxy groups -OCH3 is 2. The van der Waals surface area contributed by atoms with Gasteiger partial charge in [-0.15, -0.1) is 0 Å². The highest BCUT2D eigenvalue weighted by Crippen LogP contribution is 1.86. The van der Waals surface area contributed by atoms with Gasteiger partial charge in [0.05, 0.1) is 7.11 Å². The lowest BCUT2D eigenvalue weighted by Gasteiger charge is -2.11. The fraction of sp³-hybridized carbons (Fsp3) is 0.600. The molecular weight excluding hydrogens is 152 g/mol. The van der Waals surface area contributed by atoms with E-state index in [-0.39, 0.29) is 0 Å². The summed E-state index contributed by atoms with van der Waals surface area (Å²) in [6, 6.07) is -0.845.